The van der Waals surface area contributed by atoms with Gasteiger partial charge in [-0.1, -0.05) is 11.6 Å². The number of rotatable bonds is 3. The maximum absolute atomic E-state index is 11.0. The van der Waals surface area contributed by atoms with Crippen LogP contribution >= 0.6 is 11.6 Å². The zero-order valence-corrected chi connectivity index (χ0v) is 11.8. The molecule has 3 heterocycles. The van der Waals surface area contributed by atoms with Gasteiger partial charge in [-0.2, -0.15) is 0 Å². The number of halogens is 1. The molecule has 0 aromatic carbocycles. The van der Waals surface area contributed by atoms with E-state index in [1.165, 1.54) is 0 Å². The lowest BCUT2D eigenvalue weighted by atomic mass is 10.0. The number of likely N-dealkylation sites (tertiary alicyclic amines) is 1. The molecule has 0 radical (unpaired) electrons. The van der Waals surface area contributed by atoms with Crippen molar-refractivity contribution >= 4 is 23.7 Å². The van der Waals surface area contributed by atoms with Crippen LogP contribution in [0.2, 0.25) is 5.15 Å². The molecule has 7 heteroatoms. The molecule has 0 bridgehead atoms. The van der Waals surface area contributed by atoms with Crippen molar-refractivity contribution in [3.8, 4) is 5.88 Å². The van der Waals surface area contributed by atoms with Crippen molar-refractivity contribution in [2.24, 2.45) is 0 Å². The molecule has 2 aromatic heterocycles. The Bertz CT molecular complexity index is 630. The number of piperidine rings is 1. The summed E-state index contributed by atoms with van der Waals surface area (Å²) < 4.78 is 7.62. The fraction of sp³-hybridized carbons (Fsp3) is 0.462. The van der Waals surface area contributed by atoms with Gasteiger partial charge in [0.25, 0.3) is 5.88 Å². The lowest BCUT2D eigenvalue weighted by Crippen LogP contribution is -2.45. The Morgan fingerprint density at radius 1 is 1.45 bits per heavy atom. The summed E-state index contributed by atoms with van der Waals surface area (Å²) in [4.78, 5) is 21.2. The Labute approximate surface area is 121 Å². The van der Waals surface area contributed by atoms with Gasteiger partial charge in [0.05, 0.1) is 12.7 Å². The number of hydrogen-bond donors (Lipinski definition) is 0. The first kappa shape index (κ1) is 13.2. The Morgan fingerprint density at radius 3 is 3.10 bits per heavy atom. The van der Waals surface area contributed by atoms with Crippen LogP contribution in [-0.2, 0) is 4.79 Å². The number of aromatic nitrogens is 3. The zero-order valence-electron chi connectivity index (χ0n) is 11.1. The highest BCUT2D eigenvalue weighted by molar-refractivity contribution is 6.29. The minimum Gasteiger partial charge on any atom is -0.470 e. The van der Waals surface area contributed by atoms with Crippen LogP contribution in [-0.4, -0.2) is 44.4 Å². The van der Waals surface area contributed by atoms with Crippen LogP contribution in [0.4, 0.5) is 0 Å². The predicted octanol–water partition coefficient (Wildman–Crippen LogP) is 1.77. The van der Waals surface area contributed by atoms with Crippen molar-refractivity contribution in [3.63, 3.8) is 0 Å². The number of nitrogens with zero attached hydrogens (tertiary/aromatic N) is 4. The predicted molar refractivity (Wildman–Crippen MR) is 73.9 cm³/mol. The second-order valence-corrected chi connectivity index (χ2v) is 5.36. The highest BCUT2D eigenvalue weighted by Crippen LogP contribution is 2.24. The van der Waals surface area contributed by atoms with Gasteiger partial charge in [0.1, 0.15) is 11.3 Å². The number of carbonyl (C=O) groups is 1. The summed E-state index contributed by atoms with van der Waals surface area (Å²) in [6.45, 7) is 2.61. The van der Waals surface area contributed by atoms with Gasteiger partial charge in [0.15, 0.2) is 0 Å². The smallest absolute Gasteiger partial charge is 0.258 e. The van der Waals surface area contributed by atoms with Gasteiger partial charge in [-0.3, -0.25) is 9.20 Å². The molecule has 1 aliphatic rings. The van der Waals surface area contributed by atoms with Gasteiger partial charge < -0.3 is 9.64 Å². The van der Waals surface area contributed by atoms with Crippen LogP contribution in [0.1, 0.15) is 19.8 Å². The summed E-state index contributed by atoms with van der Waals surface area (Å²) in [5.74, 6) is 0.449. The van der Waals surface area contributed by atoms with Gasteiger partial charge in [0.2, 0.25) is 12.1 Å². The Balaban J connectivity index is 1.81. The molecule has 3 rings (SSSR count). The van der Waals surface area contributed by atoms with Crippen molar-refractivity contribution in [1.82, 2.24) is 19.3 Å². The van der Waals surface area contributed by atoms with Gasteiger partial charge in [-0.15, -0.1) is 0 Å². The third-order valence-electron chi connectivity index (χ3n) is 3.65. The van der Waals surface area contributed by atoms with Crippen LogP contribution in [0.5, 0.6) is 5.88 Å². The van der Waals surface area contributed by atoms with Crippen molar-refractivity contribution < 1.29 is 9.53 Å². The quantitative estimate of drug-likeness (QED) is 0.810. The molecular formula is C13H15ClN4O2. The fourth-order valence-corrected chi connectivity index (χ4v) is 2.63. The van der Waals surface area contributed by atoms with E-state index in [9.17, 15) is 4.79 Å². The van der Waals surface area contributed by atoms with E-state index < -0.39 is 0 Å². The second-order valence-electron chi connectivity index (χ2n) is 4.98. The standard InChI is InChI=1S/C13H15ClN4O2/c1-9-2-3-10(7-17(9)8-19)20-13-12-16-6-11(14)18(12)5-4-15-13/h4-6,8-10H,2-3,7H2,1H3/t9-,10-/m1/s1. The van der Waals surface area contributed by atoms with Gasteiger partial charge >= 0.3 is 0 Å². The molecular weight excluding hydrogens is 280 g/mol. The molecule has 1 saturated heterocycles. The minimum atomic E-state index is -0.0643. The van der Waals surface area contributed by atoms with E-state index in [1.807, 2.05) is 6.92 Å². The number of ether oxygens (including phenoxy) is 1. The molecule has 0 saturated carbocycles. The molecule has 0 unspecified atom stereocenters. The third-order valence-corrected chi connectivity index (χ3v) is 3.93. The topological polar surface area (TPSA) is 59.7 Å². The average molecular weight is 295 g/mol. The molecule has 0 N–H and O–H groups in total. The van der Waals surface area contributed by atoms with Crippen LogP contribution < -0.4 is 4.74 Å². The number of imidazole rings is 1. The minimum absolute atomic E-state index is 0.0643. The Hall–Kier alpha value is -1.82. The molecule has 2 aromatic rings. The van der Waals surface area contributed by atoms with Crippen molar-refractivity contribution in [1.29, 1.82) is 0 Å². The van der Waals surface area contributed by atoms with E-state index in [0.717, 1.165) is 19.3 Å². The SMILES string of the molecule is C[C@@H]1CC[C@@H](Oc2nccn3c(Cl)cnc23)CN1C=O. The van der Waals surface area contributed by atoms with E-state index >= 15 is 0 Å². The second kappa shape index (κ2) is 5.28. The molecule has 0 aliphatic carbocycles. The lowest BCUT2D eigenvalue weighted by molar-refractivity contribution is -0.123. The highest BCUT2D eigenvalue weighted by Gasteiger charge is 2.26. The molecule has 0 spiro atoms. The van der Waals surface area contributed by atoms with E-state index in [4.69, 9.17) is 16.3 Å². The van der Waals surface area contributed by atoms with E-state index in [2.05, 4.69) is 9.97 Å². The maximum Gasteiger partial charge on any atom is 0.258 e. The monoisotopic (exact) mass is 294 g/mol. The summed E-state index contributed by atoms with van der Waals surface area (Å²) in [6.07, 6.45) is 7.54. The first-order chi connectivity index (χ1) is 9.69. The first-order valence-corrected chi connectivity index (χ1v) is 6.92. The summed E-state index contributed by atoms with van der Waals surface area (Å²) in [5, 5.41) is 0.513. The molecule has 1 fully saturated rings. The van der Waals surface area contributed by atoms with Crippen molar-refractivity contribution in [3.05, 3.63) is 23.7 Å². The average Bonchev–Trinajstić information content (AvgIpc) is 2.84. The summed E-state index contributed by atoms with van der Waals surface area (Å²) in [7, 11) is 0. The van der Waals surface area contributed by atoms with Gasteiger partial charge in [-0.05, 0) is 19.8 Å². The van der Waals surface area contributed by atoms with E-state index in [-0.39, 0.29) is 12.1 Å². The Kier molecular flexibility index (Phi) is 3.48. The van der Waals surface area contributed by atoms with Crippen molar-refractivity contribution in [2.75, 3.05) is 6.54 Å². The number of amides is 1. The maximum atomic E-state index is 11.0. The fourth-order valence-electron chi connectivity index (χ4n) is 2.45. The van der Waals surface area contributed by atoms with Crippen LogP contribution in [0.3, 0.4) is 0 Å². The third kappa shape index (κ3) is 2.31. The molecule has 1 amide bonds. The molecule has 20 heavy (non-hydrogen) atoms. The molecule has 1 aliphatic heterocycles. The van der Waals surface area contributed by atoms with Gasteiger partial charge in [-0.25, -0.2) is 9.97 Å². The normalized spacial score (nSPS) is 23.0. The summed E-state index contributed by atoms with van der Waals surface area (Å²) in [6, 6.07) is 0.261. The Morgan fingerprint density at radius 2 is 2.30 bits per heavy atom. The van der Waals surface area contributed by atoms with Crippen LogP contribution in [0, 0.1) is 0 Å². The van der Waals surface area contributed by atoms with Crippen molar-refractivity contribution in [2.45, 2.75) is 31.9 Å². The zero-order chi connectivity index (χ0) is 14.1. The highest BCUT2D eigenvalue weighted by atomic mass is 35.5. The largest absolute Gasteiger partial charge is 0.470 e. The summed E-state index contributed by atoms with van der Waals surface area (Å²) >= 11 is 6.01. The number of carbonyl (C=O) groups excluding carboxylic acids is 1. The van der Waals surface area contributed by atoms with E-state index in [0.29, 0.717) is 23.2 Å². The van der Waals surface area contributed by atoms with E-state index in [1.54, 1.807) is 27.9 Å². The first-order valence-electron chi connectivity index (χ1n) is 6.54. The van der Waals surface area contributed by atoms with Crippen LogP contribution in [0.15, 0.2) is 18.6 Å². The number of fused-ring (bicyclic) bond motifs is 1. The lowest BCUT2D eigenvalue weighted by Gasteiger charge is -2.35. The molecule has 106 valence electrons. The van der Waals surface area contributed by atoms with Gasteiger partial charge in [0, 0.05) is 18.4 Å². The number of hydrogen-bond acceptors (Lipinski definition) is 4. The summed E-state index contributed by atoms with van der Waals surface area (Å²) in [5.41, 5.74) is 0.591. The van der Waals surface area contributed by atoms with Crippen LogP contribution in [0.25, 0.3) is 5.65 Å². The molecule has 2 atom stereocenters. The molecule has 6 nitrogen and oxygen atoms in total.